The summed E-state index contributed by atoms with van der Waals surface area (Å²) in [7, 11) is 0. The van der Waals surface area contributed by atoms with E-state index in [9.17, 15) is 0 Å². The number of aromatic amines is 2. The predicted octanol–water partition coefficient (Wildman–Crippen LogP) is 5.34. The van der Waals surface area contributed by atoms with Crippen molar-refractivity contribution >= 4 is 22.1 Å². The van der Waals surface area contributed by atoms with Gasteiger partial charge in [-0.05, 0) is 41.3 Å². The Balaban J connectivity index is 1.69. The van der Waals surface area contributed by atoms with E-state index in [1.807, 2.05) is 12.3 Å². The predicted molar refractivity (Wildman–Crippen MR) is 106 cm³/mol. The van der Waals surface area contributed by atoms with Gasteiger partial charge in [0.1, 0.15) is 5.65 Å². The van der Waals surface area contributed by atoms with Crippen molar-refractivity contribution in [1.82, 2.24) is 19.9 Å². The minimum Gasteiger partial charge on any atom is -0.346 e. The number of hydrogen-bond acceptors (Lipinski definition) is 2. The molecule has 0 unspecified atom stereocenters. The first kappa shape index (κ1) is 14.9. The van der Waals surface area contributed by atoms with Gasteiger partial charge >= 0.3 is 0 Å². The quantitative estimate of drug-likeness (QED) is 0.467. The highest BCUT2D eigenvalue weighted by atomic mass is 14.9. The number of imidazole rings is 1. The van der Waals surface area contributed by atoms with Crippen molar-refractivity contribution in [2.75, 3.05) is 0 Å². The molecule has 0 aliphatic carbocycles. The van der Waals surface area contributed by atoms with Crippen LogP contribution < -0.4 is 0 Å². The summed E-state index contributed by atoms with van der Waals surface area (Å²) < 4.78 is 0. The highest BCUT2D eigenvalue weighted by Gasteiger charge is 2.12. The lowest BCUT2D eigenvalue weighted by Crippen LogP contribution is -1.87. The van der Waals surface area contributed by atoms with Crippen molar-refractivity contribution in [2.24, 2.45) is 0 Å². The molecule has 126 valence electrons. The molecule has 0 radical (unpaired) electrons. The lowest BCUT2D eigenvalue weighted by molar-refractivity contribution is 1.14. The van der Waals surface area contributed by atoms with E-state index in [4.69, 9.17) is 0 Å². The molecule has 4 heteroatoms. The summed E-state index contributed by atoms with van der Waals surface area (Å²) in [4.78, 5) is 15.4. The topological polar surface area (TPSA) is 57.4 Å². The molecule has 0 bridgehead atoms. The van der Waals surface area contributed by atoms with Gasteiger partial charge in [0.15, 0.2) is 0 Å². The Morgan fingerprint density at radius 3 is 2.73 bits per heavy atom. The Morgan fingerprint density at radius 1 is 0.885 bits per heavy atom. The number of benzene rings is 2. The Labute approximate surface area is 150 Å². The molecule has 4 nitrogen and oxygen atoms in total. The number of pyridine rings is 1. The molecule has 0 amide bonds. The third kappa shape index (κ3) is 2.30. The third-order valence-electron chi connectivity index (χ3n) is 4.97. The van der Waals surface area contributed by atoms with E-state index in [0.717, 1.165) is 39.6 Å². The molecule has 2 N–H and O–H groups in total. The summed E-state index contributed by atoms with van der Waals surface area (Å²) in [6.07, 6.45) is 6.72. The maximum absolute atomic E-state index is 4.65. The van der Waals surface area contributed by atoms with Gasteiger partial charge < -0.3 is 9.97 Å². The van der Waals surface area contributed by atoms with Gasteiger partial charge in [0.2, 0.25) is 0 Å². The van der Waals surface area contributed by atoms with Crippen LogP contribution in [0.4, 0.5) is 0 Å². The second-order valence-electron chi connectivity index (χ2n) is 6.47. The fraction of sp³-hybridized carbons (Fsp3) is 0.0909. The van der Waals surface area contributed by atoms with Gasteiger partial charge in [0, 0.05) is 28.9 Å². The van der Waals surface area contributed by atoms with E-state index in [1.54, 1.807) is 6.33 Å². The van der Waals surface area contributed by atoms with Crippen LogP contribution in [-0.2, 0) is 6.42 Å². The number of rotatable bonds is 3. The molecule has 3 aromatic heterocycles. The minimum absolute atomic E-state index is 0.914. The van der Waals surface area contributed by atoms with Gasteiger partial charge in [-0.2, -0.15) is 0 Å². The lowest BCUT2D eigenvalue weighted by Gasteiger charge is -2.07. The number of nitrogens with zero attached hydrogens (tertiary/aromatic N) is 2. The van der Waals surface area contributed by atoms with Crippen LogP contribution in [0.1, 0.15) is 12.5 Å². The van der Waals surface area contributed by atoms with Crippen molar-refractivity contribution < 1.29 is 0 Å². The maximum Gasteiger partial charge on any atom is 0.137 e. The van der Waals surface area contributed by atoms with Crippen LogP contribution >= 0.6 is 0 Å². The summed E-state index contributed by atoms with van der Waals surface area (Å²) in [5.41, 5.74) is 8.97. The first-order chi connectivity index (χ1) is 12.8. The molecule has 2 aromatic carbocycles. The van der Waals surface area contributed by atoms with Gasteiger partial charge in [-0.1, -0.05) is 37.3 Å². The summed E-state index contributed by atoms with van der Waals surface area (Å²) in [6, 6.07) is 17.0. The zero-order chi connectivity index (χ0) is 17.5. The molecular formula is C22H18N4. The molecular weight excluding hydrogens is 320 g/mol. The molecule has 3 heterocycles. The molecule has 0 fully saturated rings. The fourth-order valence-corrected chi connectivity index (χ4v) is 3.59. The standard InChI is InChI=1S/C22H18N4/c1-2-14-5-3-4-6-17(14)19-12-24-22-18(19)9-16(11-23-22)15-7-8-20-21(10-15)26-13-25-20/h3-13H,2H2,1H3,(H,23,24)(H,25,26). The molecule has 0 atom stereocenters. The van der Waals surface area contributed by atoms with Crippen LogP contribution in [0.2, 0.25) is 0 Å². The van der Waals surface area contributed by atoms with Gasteiger partial charge in [-0.15, -0.1) is 0 Å². The Morgan fingerprint density at radius 2 is 1.81 bits per heavy atom. The van der Waals surface area contributed by atoms with Crippen molar-refractivity contribution in [1.29, 1.82) is 0 Å². The fourth-order valence-electron chi connectivity index (χ4n) is 3.59. The first-order valence-electron chi connectivity index (χ1n) is 8.82. The van der Waals surface area contributed by atoms with Crippen LogP contribution in [0.3, 0.4) is 0 Å². The van der Waals surface area contributed by atoms with Gasteiger partial charge in [0.05, 0.1) is 17.4 Å². The smallest absolute Gasteiger partial charge is 0.137 e. The monoisotopic (exact) mass is 338 g/mol. The van der Waals surface area contributed by atoms with Gasteiger partial charge in [-0.25, -0.2) is 9.97 Å². The van der Waals surface area contributed by atoms with Crippen LogP contribution in [0.5, 0.6) is 0 Å². The summed E-state index contributed by atoms with van der Waals surface area (Å²) in [5.74, 6) is 0. The first-order valence-corrected chi connectivity index (χ1v) is 8.82. The van der Waals surface area contributed by atoms with Crippen LogP contribution in [0.15, 0.2) is 67.3 Å². The number of fused-ring (bicyclic) bond motifs is 2. The average molecular weight is 338 g/mol. The second-order valence-corrected chi connectivity index (χ2v) is 6.47. The molecule has 0 saturated heterocycles. The number of aromatic nitrogens is 4. The van der Waals surface area contributed by atoms with Gasteiger partial charge in [-0.3, -0.25) is 0 Å². The molecule has 26 heavy (non-hydrogen) atoms. The normalized spacial score (nSPS) is 11.4. The van der Waals surface area contributed by atoms with Crippen molar-refractivity contribution in [3.05, 3.63) is 72.8 Å². The van der Waals surface area contributed by atoms with Crippen LogP contribution in [0.25, 0.3) is 44.3 Å². The molecule has 5 rings (SSSR count). The van der Waals surface area contributed by atoms with E-state index in [1.165, 1.54) is 16.7 Å². The Hall–Kier alpha value is -3.40. The van der Waals surface area contributed by atoms with E-state index < -0.39 is 0 Å². The summed E-state index contributed by atoms with van der Waals surface area (Å²) in [5, 5.41) is 1.15. The van der Waals surface area contributed by atoms with Gasteiger partial charge in [0.25, 0.3) is 0 Å². The molecule has 0 spiro atoms. The Bertz CT molecular complexity index is 1230. The van der Waals surface area contributed by atoms with E-state index >= 15 is 0 Å². The van der Waals surface area contributed by atoms with Crippen LogP contribution in [-0.4, -0.2) is 19.9 Å². The van der Waals surface area contributed by atoms with Crippen molar-refractivity contribution in [3.8, 4) is 22.3 Å². The zero-order valence-corrected chi connectivity index (χ0v) is 14.5. The molecule has 0 aliphatic heterocycles. The number of nitrogens with one attached hydrogen (secondary N) is 2. The highest BCUT2D eigenvalue weighted by molar-refractivity contribution is 5.97. The van der Waals surface area contributed by atoms with E-state index in [0.29, 0.717) is 0 Å². The van der Waals surface area contributed by atoms with Crippen molar-refractivity contribution in [2.45, 2.75) is 13.3 Å². The largest absolute Gasteiger partial charge is 0.346 e. The number of H-pyrrole nitrogens is 2. The number of hydrogen-bond donors (Lipinski definition) is 2. The highest BCUT2D eigenvalue weighted by Crippen LogP contribution is 2.33. The molecule has 0 aliphatic rings. The summed E-state index contributed by atoms with van der Waals surface area (Å²) >= 11 is 0. The van der Waals surface area contributed by atoms with Crippen molar-refractivity contribution in [3.63, 3.8) is 0 Å². The number of aryl methyl sites for hydroxylation is 1. The van der Waals surface area contributed by atoms with E-state index in [-0.39, 0.29) is 0 Å². The lowest BCUT2D eigenvalue weighted by atomic mass is 9.97. The third-order valence-corrected chi connectivity index (χ3v) is 4.97. The van der Waals surface area contributed by atoms with E-state index in [2.05, 4.69) is 75.5 Å². The second kappa shape index (κ2) is 5.85. The molecule has 5 aromatic rings. The molecule has 0 saturated carbocycles. The summed E-state index contributed by atoms with van der Waals surface area (Å²) in [6.45, 7) is 2.19. The van der Waals surface area contributed by atoms with Crippen LogP contribution in [0, 0.1) is 0 Å². The average Bonchev–Trinajstić information content (AvgIpc) is 3.33. The Kier molecular flexibility index (Phi) is 3.35. The SMILES string of the molecule is CCc1ccccc1-c1c[nH]c2ncc(-c3ccc4nc[nH]c4c3)cc12. The zero-order valence-electron chi connectivity index (χ0n) is 14.5. The maximum atomic E-state index is 4.65. The minimum atomic E-state index is 0.914.